The molecule has 19 heavy (non-hydrogen) atoms. The first-order chi connectivity index (χ1) is 8.97. The van der Waals surface area contributed by atoms with Crippen molar-refractivity contribution in [3.05, 3.63) is 41.6 Å². The Morgan fingerprint density at radius 3 is 2.42 bits per heavy atom. The van der Waals surface area contributed by atoms with Gasteiger partial charge >= 0.3 is 5.97 Å². The number of carbonyl (C=O) groups is 1. The fraction of sp³-hybridized carbons (Fsp3) is 0. The first-order valence-electron chi connectivity index (χ1n) is 4.87. The Kier molecular flexibility index (Phi) is 3.32. The van der Waals surface area contributed by atoms with E-state index >= 15 is 0 Å². The Morgan fingerprint density at radius 1 is 1.21 bits per heavy atom. The van der Waals surface area contributed by atoms with Crippen LogP contribution >= 0.6 is 0 Å². The van der Waals surface area contributed by atoms with Crippen molar-refractivity contribution in [3.8, 4) is 11.5 Å². The van der Waals surface area contributed by atoms with Crippen molar-refractivity contribution in [3.63, 3.8) is 0 Å². The molecule has 0 saturated heterocycles. The van der Waals surface area contributed by atoms with Crippen molar-refractivity contribution in [2.75, 3.05) is 0 Å². The fourth-order valence-corrected chi connectivity index (χ4v) is 1.29. The van der Waals surface area contributed by atoms with Gasteiger partial charge in [0.15, 0.2) is 0 Å². The number of carboxylic acid groups (broad SMARTS) is 1. The van der Waals surface area contributed by atoms with Crippen molar-refractivity contribution < 1.29 is 27.5 Å². The molecule has 0 amide bonds. The summed E-state index contributed by atoms with van der Waals surface area (Å²) in [6, 6.07) is 0.935. The Bertz CT molecular complexity index is 644. The average Bonchev–Trinajstić information content (AvgIpc) is 2.73. The Labute approximate surface area is 104 Å². The third-order valence-electron chi connectivity index (χ3n) is 2.03. The Morgan fingerprint density at radius 2 is 1.84 bits per heavy atom. The SMILES string of the molecule is O=C(O)/C=C/c1nnc(-c2c(F)cc(F)cc2F)o1. The second-order valence-corrected chi connectivity index (χ2v) is 3.36. The van der Waals surface area contributed by atoms with Crippen LogP contribution in [0.2, 0.25) is 0 Å². The van der Waals surface area contributed by atoms with Gasteiger partial charge in [-0.1, -0.05) is 0 Å². The van der Waals surface area contributed by atoms with Gasteiger partial charge in [0.1, 0.15) is 23.0 Å². The molecule has 2 aromatic rings. The predicted octanol–water partition coefficient (Wildman–Crippen LogP) is 2.25. The maximum atomic E-state index is 13.4. The van der Waals surface area contributed by atoms with Crippen LogP contribution in [-0.2, 0) is 4.79 Å². The lowest BCUT2D eigenvalue weighted by Gasteiger charge is -1.99. The maximum absolute atomic E-state index is 13.4. The predicted molar refractivity (Wildman–Crippen MR) is 56.3 cm³/mol. The normalized spacial score (nSPS) is 11.1. The lowest BCUT2D eigenvalue weighted by molar-refractivity contribution is -0.131. The van der Waals surface area contributed by atoms with Gasteiger partial charge in [0.2, 0.25) is 5.89 Å². The minimum atomic E-state index is -1.25. The van der Waals surface area contributed by atoms with Crippen LogP contribution < -0.4 is 0 Å². The molecule has 0 fully saturated rings. The van der Waals surface area contributed by atoms with Crippen molar-refractivity contribution >= 4 is 12.0 Å². The minimum Gasteiger partial charge on any atom is -0.478 e. The molecule has 1 aromatic carbocycles. The van der Waals surface area contributed by atoms with Gasteiger partial charge in [0, 0.05) is 24.3 Å². The number of halogens is 3. The molecule has 0 radical (unpaired) electrons. The van der Waals surface area contributed by atoms with Crippen LogP contribution in [0.5, 0.6) is 0 Å². The summed E-state index contributed by atoms with van der Waals surface area (Å²) in [5.41, 5.74) is -0.677. The maximum Gasteiger partial charge on any atom is 0.328 e. The molecule has 1 aromatic heterocycles. The first-order valence-corrected chi connectivity index (χ1v) is 4.87. The zero-order chi connectivity index (χ0) is 14.0. The second-order valence-electron chi connectivity index (χ2n) is 3.36. The van der Waals surface area contributed by atoms with Crippen LogP contribution in [0, 0.1) is 17.5 Å². The van der Waals surface area contributed by atoms with Gasteiger partial charge in [-0.25, -0.2) is 18.0 Å². The number of carboxylic acids is 1. The van der Waals surface area contributed by atoms with Crippen molar-refractivity contribution in [2.24, 2.45) is 0 Å². The molecular formula is C11H5F3N2O3. The van der Waals surface area contributed by atoms with E-state index in [0.717, 1.165) is 6.08 Å². The minimum absolute atomic E-state index is 0.250. The van der Waals surface area contributed by atoms with Crippen molar-refractivity contribution in [1.82, 2.24) is 10.2 Å². The molecule has 0 saturated carbocycles. The monoisotopic (exact) mass is 270 g/mol. The fourth-order valence-electron chi connectivity index (χ4n) is 1.29. The van der Waals surface area contributed by atoms with Crippen LogP contribution in [0.4, 0.5) is 13.2 Å². The largest absolute Gasteiger partial charge is 0.478 e. The van der Waals surface area contributed by atoms with E-state index in [9.17, 15) is 18.0 Å². The molecule has 1 N–H and O–H groups in total. The Hall–Kier alpha value is -2.64. The van der Waals surface area contributed by atoms with Gasteiger partial charge in [0.25, 0.3) is 5.89 Å². The van der Waals surface area contributed by atoms with E-state index in [1.807, 2.05) is 0 Å². The number of hydrogen-bond acceptors (Lipinski definition) is 4. The quantitative estimate of drug-likeness (QED) is 0.865. The standard InChI is InChI=1S/C11H5F3N2O3/c12-5-3-6(13)10(7(14)4-5)11-16-15-8(19-11)1-2-9(17)18/h1-4H,(H,17,18)/b2-1+. The van der Waals surface area contributed by atoms with Gasteiger partial charge in [-0.15, -0.1) is 10.2 Å². The number of aliphatic carboxylic acids is 1. The molecule has 98 valence electrons. The van der Waals surface area contributed by atoms with E-state index in [2.05, 4.69) is 10.2 Å². The smallest absolute Gasteiger partial charge is 0.328 e. The van der Waals surface area contributed by atoms with Gasteiger partial charge in [-0.2, -0.15) is 0 Å². The third kappa shape index (κ3) is 2.79. The molecule has 0 aliphatic heterocycles. The Balaban J connectivity index is 2.41. The lowest BCUT2D eigenvalue weighted by Crippen LogP contribution is -1.92. The van der Waals surface area contributed by atoms with E-state index in [1.54, 1.807) is 0 Å². The average molecular weight is 270 g/mol. The van der Waals surface area contributed by atoms with E-state index in [1.165, 1.54) is 0 Å². The summed E-state index contributed by atoms with van der Waals surface area (Å²) in [5, 5.41) is 15.1. The molecule has 0 unspecified atom stereocenters. The number of rotatable bonds is 3. The zero-order valence-electron chi connectivity index (χ0n) is 9.10. The number of hydrogen-bond donors (Lipinski definition) is 1. The second kappa shape index (κ2) is 4.92. The number of benzene rings is 1. The van der Waals surface area contributed by atoms with Crippen LogP contribution in [0.1, 0.15) is 5.89 Å². The van der Waals surface area contributed by atoms with E-state index < -0.39 is 34.9 Å². The molecule has 0 aliphatic carbocycles. The summed E-state index contributed by atoms with van der Waals surface area (Å²) >= 11 is 0. The van der Waals surface area contributed by atoms with Gasteiger partial charge in [-0.05, 0) is 0 Å². The van der Waals surface area contributed by atoms with E-state index in [-0.39, 0.29) is 5.89 Å². The first kappa shape index (κ1) is 12.8. The summed E-state index contributed by atoms with van der Waals surface area (Å²) in [4.78, 5) is 10.3. The molecule has 1 heterocycles. The van der Waals surface area contributed by atoms with Crippen molar-refractivity contribution in [1.29, 1.82) is 0 Å². The van der Waals surface area contributed by atoms with Crippen molar-refractivity contribution in [2.45, 2.75) is 0 Å². The number of aromatic nitrogens is 2. The summed E-state index contributed by atoms with van der Waals surface area (Å²) in [7, 11) is 0. The molecule has 2 rings (SSSR count). The summed E-state index contributed by atoms with van der Waals surface area (Å²) < 4.78 is 44.4. The van der Waals surface area contributed by atoms with Crippen LogP contribution in [0.15, 0.2) is 22.6 Å². The highest BCUT2D eigenvalue weighted by atomic mass is 19.1. The van der Waals surface area contributed by atoms with Gasteiger partial charge in [-0.3, -0.25) is 0 Å². The number of nitrogens with zero attached hydrogens (tertiary/aromatic N) is 2. The van der Waals surface area contributed by atoms with Crippen LogP contribution in [0.25, 0.3) is 17.5 Å². The third-order valence-corrected chi connectivity index (χ3v) is 2.03. The highest BCUT2D eigenvalue weighted by Crippen LogP contribution is 2.25. The molecule has 0 bridgehead atoms. The lowest BCUT2D eigenvalue weighted by atomic mass is 10.2. The van der Waals surface area contributed by atoms with Gasteiger partial charge < -0.3 is 9.52 Å². The molecule has 0 spiro atoms. The summed E-state index contributed by atoms with van der Waals surface area (Å²) in [5.74, 6) is -5.49. The topological polar surface area (TPSA) is 76.2 Å². The zero-order valence-corrected chi connectivity index (χ0v) is 9.10. The molecule has 0 atom stereocenters. The van der Waals surface area contributed by atoms with E-state index in [4.69, 9.17) is 9.52 Å². The molecular weight excluding hydrogens is 265 g/mol. The summed E-state index contributed by atoms with van der Waals surface area (Å²) in [6.07, 6.45) is 1.67. The molecule has 8 heteroatoms. The van der Waals surface area contributed by atoms with Crippen LogP contribution in [-0.4, -0.2) is 21.3 Å². The van der Waals surface area contributed by atoms with E-state index in [0.29, 0.717) is 18.2 Å². The highest BCUT2D eigenvalue weighted by molar-refractivity contribution is 5.84. The highest BCUT2D eigenvalue weighted by Gasteiger charge is 2.18. The van der Waals surface area contributed by atoms with Gasteiger partial charge in [0.05, 0.1) is 0 Å². The molecule has 5 nitrogen and oxygen atoms in total. The van der Waals surface area contributed by atoms with Crippen LogP contribution in [0.3, 0.4) is 0 Å². The summed E-state index contributed by atoms with van der Waals surface area (Å²) in [6.45, 7) is 0. The molecule has 0 aliphatic rings.